The summed E-state index contributed by atoms with van der Waals surface area (Å²) in [4.78, 5) is 20.5. The topological polar surface area (TPSA) is 87.6 Å². The molecule has 2 aromatic carbocycles. The fourth-order valence-electron chi connectivity index (χ4n) is 3.61. The molecule has 0 amide bonds. The second-order valence-electron chi connectivity index (χ2n) is 8.25. The molecule has 4 rings (SSSR count). The number of carbonyl (C=O) groups is 1. The van der Waals surface area contributed by atoms with Crippen molar-refractivity contribution in [2.24, 2.45) is 0 Å². The lowest BCUT2D eigenvalue weighted by atomic mass is 9.35. The number of rotatable bonds is 5. The number of nitrogens with one attached hydrogen (secondary N) is 1. The van der Waals surface area contributed by atoms with Crippen molar-refractivity contribution in [3.8, 4) is 11.3 Å². The molecule has 1 aliphatic rings. The minimum absolute atomic E-state index is 0.194. The fraction of sp³-hybridized carbons (Fsp3) is 0.190. The summed E-state index contributed by atoms with van der Waals surface area (Å²) in [7, 11) is 41.6. The molecular weight excluding hydrogens is 432 g/mol. The molecule has 0 saturated carbocycles. The summed E-state index contributed by atoms with van der Waals surface area (Å²) in [5.74, 6) is 0.314. The Bertz CT molecular complexity index is 1210. The van der Waals surface area contributed by atoms with E-state index in [1.165, 1.54) is 12.1 Å². The molecule has 1 unspecified atom stereocenters. The molecule has 1 aromatic heterocycles. The second-order valence-corrected chi connectivity index (χ2v) is 8.25. The van der Waals surface area contributed by atoms with E-state index in [0.717, 1.165) is 16.7 Å². The number of hydrogen-bond acceptors (Lipinski definition) is 7. The first-order chi connectivity index (χ1) is 16.3. The standard InChI is InChI=1S/C21H13B7N4O3/c22-18(23)19(24,25)35-20(26,27)21(28,34)32(18)15-7-5-14(6-8-15)30-17-29-10-9-16(31-17)13-3-1-12(11-33)2-4-13/h1-11,34H,(H,29,30,31). The van der Waals surface area contributed by atoms with E-state index in [1.807, 2.05) is 0 Å². The lowest BCUT2D eigenvalue weighted by Gasteiger charge is -2.69. The Kier molecular flexibility index (Phi) is 6.26. The highest BCUT2D eigenvalue weighted by Gasteiger charge is 2.58. The zero-order valence-corrected chi connectivity index (χ0v) is 18.5. The van der Waals surface area contributed by atoms with Crippen molar-refractivity contribution in [2.75, 3.05) is 10.2 Å². The van der Waals surface area contributed by atoms with Crippen molar-refractivity contribution in [2.45, 2.75) is 21.8 Å². The Balaban J connectivity index is 1.60. The Morgan fingerprint density at radius 3 is 2.11 bits per heavy atom. The molecule has 3 aromatic rings. The molecule has 1 atom stereocenters. The molecular formula is C21H13B7N4O3. The molecule has 14 heteroatoms. The molecule has 2 heterocycles. The van der Waals surface area contributed by atoms with Gasteiger partial charge in [0.2, 0.25) is 5.95 Å². The van der Waals surface area contributed by atoms with E-state index in [9.17, 15) is 9.90 Å². The van der Waals surface area contributed by atoms with E-state index >= 15 is 0 Å². The van der Waals surface area contributed by atoms with E-state index in [0.29, 0.717) is 22.9 Å². The van der Waals surface area contributed by atoms with Crippen molar-refractivity contribution in [3.63, 3.8) is 0 Å². The summed E-state index contributed by atoms with van der Waals surface area (Å²) in [6, 6.07) is 15.0. The lowest BCUT2D eigenvalue weighted by molar-refractivity contribution is -0.115. The van der Waals surface area contributed by atoms with Crippen LogP contribution in [0.1, 0.15) is 10.4 Å². The molecule has 1 fully saturated rings. The number of anilines is 3. The predicted octanol–water partition coefficient (Wildman–Crippen LogP) is -0.677. The van der Waals surface area contributed by atoms with Gasteiger partial charge in [0.25, 0.3) is 0 Å². The highest BCUT2D eigenvalue weighted by atomic mass is 16.5. The van der Waals surface area contributed by atoms with Gasteiger partial charge in [0.15, 0.2) is 0 Å². The Morgan fingerprint density at radius 2 is 1.51 bits per heavy atom. The SMILES string of the molecule is [B]C1([B])OC([B])([B])C([B])(O)N(c2ccc(Nc3nccc(-c4ccc(C=O)cc4)n3)cc2)C1([B])[B]. The van der Waals surface area contributed by atoms with Crippen LogP contribution in [-0.4, -0.2) is 98.0 Å². The van der Waals surface area contributed by atoms with Gasteiger partial charge in [-0.05, 0) is 41.1 Å². The van der Waals surface area contributed by atoms with E-state index in [-0.39, 0.29) is 5.69 Å². The van der Waals surface area contributed by atoms with Crippen LogP contribution in [0.15, 0.2) is 60.8 Å². The zero-order valence-electron chi connectivity index (χ0n) is 18.5. The minimum atomic E-state index is -2.59. The van der Waals surface area contributed by atoms with Crippen LogP contribution < -0.4 is 10.2 Å². The molecule has 14 radical (unpaired) electrons. The summed E-state index contributed by atoms with van der Waals surface area (Å²) < 4.78 is 5.11. The molecule has 1 saturated heterocycles. The number of morpholine rings is 1. The van der Waals surface area contributed by atoms with Crippen LogP contribution in [0, 0.1) is 0 Å². The van der Waals surface area contributed by atoms with Crippen LogP contribution >= 0.6 is 0 Å². The molecule has 35 heavy (non-hydrogen) atoms. The summed E-state index contributed by atoms with van der Waals surface area (Å²) in [6.07, 6.45) is 2.36. The van der Waals surface area contributed by atoms with Crippen molar-refractivity contribution < 1.29 is 14.6 Å². The number of nitrogens with zero attached hydrogens (tertiary/aromatic N) is 3. The molecule has 0 aliphatic carbocycles. The third-order valence-corrected chi connectivity index (χ3v) is 5.63. The summed E-state index contributed by atoms with van der Waals surface area (Å²) in [5.41, 5.74) is 0.206. The van der Waals surface area contributed by atoms with Crippen LogP contribution in [-0.2, 0) is 4.74 Å². The van der Waals surface area contributed by atoms with Gasteiger partial charge in [-0.1, -0.05) is 24.3 Å². The maximum absolute atomic E-state index is 10.9. The van der Waals surface area contributed by atoms with Crippen LogP contribution in [0.4, 0.5) is 17.3 Å². The molecule has 156 valence electrons. The zero-order chi connectivity index (χ0) is 25.6. The van der Waals surface area contributed by atoms with Gasteiger partial charge < -0.3 is 20.1 Å². The van der Waals surface area contributed by atoms with Gasteiger partial charge in [-0.3, -0.25) is 4.79 Å². The van der Waals surface area contributed by atoms with Gasteiger partial charge in [-0.15, -0.1) is 0 Å². The van der Waals surface area contributed by atoms with Crippen molar-refractivity contribution >= 4 is 78.5 Å². The van der Waals surface area contributed by atoms with E-state index in [1.54, 1.807) is 48.7 Å². The van der Waals surface area contributed by atoms with Gasteiger partial charge in [-0.2, -0.15) is 0 Å². The fourth-order valence-corrected chi connectivity index (χ4v) is 3.61. The van der Waals surface area contributed by atoms with Crippen LogP contribution in [0.5, 0.6) is 0 Å². The number of hydrogen-bond donors (Lipinski definition) is 2. The molecule has 0 spiro atoms. The molecule has 7 nitrogen and oxygen atoms in total. The van der Waals surface area contributed by atoms with E-state index in [2.05, 4.69) is 15.3 Å². The van der Waals surface area contributed by atoms with Gasteiger partial charge in [0, 0.05) is 34.1 Å². The molecule has 2 N–H and O–H groups in total. The second kappa shape index (κ2) is 8.68. The normalized spacial score (nSPS) is 22.3. The van der Waals surface area contributed by atoms with E-state index < -0.39 is 21.8 Å². The number of aldehydes is 1. The highest BCUT2D eigenvalue weighted by Crippen LogP contribution is 2.43. The first kappa shape index (κ1) is 25.3. The molecule has 1 aliphatic heterocycles. The Hall–Kier alpha value is -2.84. The third-order valence-electron chi connectivity index (χ3n) is 5.63. The van der Waals surface area contributed by atoms with Crippen LogP contribution in [0.3, 0.4) is 0 Å². The Morgan fingerprint density at radius 1 is 0.886 bits per heavy atom. The monoisotopic (exact) mass is 446 g/mol. The smallest absolute Gasteiger partial charge is 0.227 e. The van der Waals surface area contributed by atoms with Crippen molar-refractivity contribution in [1.82, 2.24) is 9.97 Å². The minimum Gasteiger partial charge on any atom is -0.402 e. The third kappa shape index (κ3) is 4.45. The number of ether oxygens (including phenoxy) is 1. The van der Waals surface area contributed by atoms with Crippen LogP contribution in [0.2, 0.25) is 0 Å². The summed E-state index contributed by atoms with van der Waals surface area (Å²) in [6.45, 7) is 0. The first-order valence-corrected chi connectivity index (χ1v) is 10.3. The summed E-state index contributed by atoms with van der Waals surface area (Å²) >= 11 is 0. The maximum Gasteiger partial charge on any atom is 0.227 e. The quantitative estimate of drug-likeness (QED) is 0.398. The predicted molar refractivity (Wildman–Crippen MR) is 140 cm³/mol. The maximum atomic E-state index is 10.9. The van der Waals surface area contributed by atoms with Gasteiger partial charge >= 0.3 is 0 Å². The Labute approximate surface area is 212 Å². The van der Waals surface area contributed by atoms with Gasteiger partial charge in [-0.25, -0.2) is 9.97 Å². The summed E-state index contributed by atoms with van der Waals surface area (Å²) in [5, 5.41) is 7.01. The van der Waals surface area contributed by atoms with Crippen molar-refractivity contribution in [3.05, 3.63) is 66.4 Å². The average Bonchev–Trinajstić information content (AvgIpc) is 2.79. The molecule has 0 bridgehead atoms. The first-order valence-electron chi connectivity index (χ1n) is 10.3. The largest absolute Gasteiger partial charge is 0.402 e. The average molecular weight is 445 g/mol. The van der Waals surface area contributed by atoms with E-state index in [4.69, 9.17) is 59.7 Å². The van der Waals surface area contributed by atoms with Crippen molar-refractivity contribution in [1.29, 1.82) is 0 Å². The van der Waals surface area contributed by atoms with Gasteiger partial charge in [0.1, 0.15) is 51.1 Å². The number of carbonyl (C=O) groups excluding carboxylic acids is 1. The van der Waals surface area contributed by atoms with Crippen LogP contribution in [0.25, 0.3) is 11.3 Å². The van der Waals surface area contributed by atoms with Gasteiger partial charge in [0.05, 0.1) is 21.4 Å². The number of benzene rings is 2. The highest BCUT2D eigenvalue weighted by molar-refractivity contribution is 6.57. The number of aromatic nitrogens is 2. The lowest BCUT2D eigenvalue weighted by Crippen LogP contribution is -2.86. The number of aliphatic hydroxyl groups is 1.